The summed E-state index contributed by atoms with van der Waals surface area (Å²) in [6, 6.07) is 5.01. The maximum absolute atomic E-state index is 13.6. The van der Waals surface area contributed by atoms with E-state index in [-0.39, 0.29) is 10.9 Å². The topological polar surface area (TPSA) is 156 Å². The number of nitrogens with zero attached hydrogens (tertiary/aromatic N) is 4. The number of fused-ring (bicyclic) bond motifs is 3. The fourth-order valence-corrected chi connectivity index (χ4v) is 6.50. The minimum atomic E-state index is -3.63. The first-order valence-corrected chi connectivity index (χ1v) is 14.0. The number of amides is 1. The number of imidazole rings is 1. The van der Waals surface area contributed by atoms with Crippen LogP contribution >= 0.6 is 0 Å². The quantitative estimate of drug-likeness (QED) is 0.365. The maximum atomic E-state index is 13.6. The second-order valence-electron chi connectivity index (χ2n) is 10.2. The van der Waals surface area contributed by atoms with E-state index in [1.54, 1.807) is 32.0 Å². The van der Waals surface area contributed by atoms with Crippen molar-refractivity contribution in [2.24, 2.45) is 10.7 Å². The zero-order valence-electron chi connectivity index (χ0n) is 21.7. The number of ether oxygens (including phenoxy) is 1. The minimum Gasteiger partial charge on any atom is -0.491 e. The largest absolute Gasteiger partial charge is 0.491 e. The van der Waals surface area contributed by atoms with Crippen LogP contribution < -0.4 is 15.8 Å². The number of primary amides is 1. The molecule has 11 nitrogen and oxygen atoms in total. The van der Waals surface area contributed by atoms with E-state index in [0.717, 1.165) is 6.34 Å². The molecule has 2 aliphatic rings. The molecule has 1 amide bonds. The van der Waals surface area contributed by atoms with Crippen molar-refractivity contribution in [2.75, 3.05) is 19.7 Å². The number of nitrogens with two attached hydrogens (primary N) is 1. The van der Waals surface area contributed by atoms with Gasteiger partial charge in [-0.05, 0) is 58.7 Å². The SMILES string of the molecule is CC(C)N/C(=N\C=N)c1cn2c(n1)-c1cc(S(=O)(=O)C3CCN(C(C)(C)C(N)=O)CC3)ccc1OCC2. The first kappa shape index (κ1) is 26.8. The average molecular weight is 530 g/mol. The Morgan fingerprint density at radius 2 is 2.00 bits per heavy atom. The monoisotopic (exact) mass is 529 g/mol. The molecule has 0 unspecified atom stereocenters. The summed E-state index contributed by atoms with van der Waals surface area (Å²) in [6.07, 6.45) is 3.63. The molecule has 1 aromatic carbocycles. The summed E-state index contributed by atoms with van der Waals surface area (Å²) in [4.78, 5) is 22.9. The third kappa shape index (κ3) is 5.26. The number of carbonyl (C=O) groups excluding carboxylic acids is 1. The number of sulfone groups is 1. The van der Waals surface area contributed by atoms with Crippen LogP contribution in [0.4, 0.5) is 0 Å². The van der Waals surface area contributed by atoms with Crippen molar-refractivity contribution in [1.29, 1.82) is 5.41 Å². The van der Waals surface area contributed by atoms with E-state index >= 15 is 0 Å². The molecule has 37 heavy (non-hydrogen) atoms. The van der Waals surface area contributed by atoms with Crippen molar-refractivity contribution in [3.8, 4) is 17.1 Å². The fourth-order valence-electron chi connectivity index (χ4n) is 4.74. The third-order valence-electron chi connectivity index (χ3n) is 7.02. The van der Waals surface area contributed by atoms with Crippen LogP contribution in [-0.2, 0) is 21.2 Å². The van der Waals surface area contributed by atoms with Gasteiger partial charge < -0.3 is 20.4 Å². The van der Waals surface area contributed by atoms with E-state index in [0.29, 0.717) is 67.7 Å². The third-order valence-corrected chi connectivity index (χ3v) is 9.28. The number of amidine groups is 1. The Morgan fingerprint density at radius 1 is 1.30 bits per heavy atom. The van der Waals surface area contributed by atoms with Crippen molar-refractivity contribution in [1.82, 2.24) is 19.8 Å². The minimum absolute atomic E-state index is 0.0903. The molecule has 4 rings (SSSR count). The highest BCUT2D eigenvalue weighted by atomic mass is 32.2. The Hall–Kier alpha value is -3.25. The van der Waals surface area contributed by atoms with Gasteiger partial charge in [0.25, 0.3) is 0 Å². The lowest BCUT2D eigenvalue weighted by Gasteiger charge is -2.40. The highest BCUT2D eigenvalue weighted by molar-refractivity contribution is 7.92. The molecule has 0 spiro atoms. The predicted molar refractivity (Wildman–Crippen MR) is 142 cm³/mol. The summed E-state index contributed by atoms with van der Waals surface area (Å²) >= 11 is 0. The molecular formula is C25H35N7O4S. The van der Waals surface area contributed by atoms with Crippen LogP contribution in [0.15, 0.2) is 34.3 Å². The summed E-state index contributed by atoms with van der Waals surface area (Å²) in [5, 5.41) is 10.1. The Balaban J connectivity index is 1.65. The average Bonchev–Trinajstić information content (AvgIpc) is 3.20. The van der Waals surface area contributed by atoms with Crippen LogP contribution in [0.2, 0.25) is 0 Å². The van der Waals surface area contributed by atoms with Gasteiger partial charge in [-0.25, -0.2) is 18.4 Å². The van der Waals surface area contributed by atoms with E-state index in [1.165, 1.54) is 0 Å². The van der Waals surface area contributed by atoms with E-state index in [9.17, 15) is 13.2 Å². The molecule has 2 aromatic rings. The van der Waals surface area contributed by atoms with Crippen LogP contribution in [0.5, 0.6) is 5.75 Å². The number of likely N-dealkylation sites (tertiary alicyclic amines) is 1. The molecule has 0 aliphatic carbocycles. The fraction of sp³-hybridized carbons (Fsp3) is 0.520. The molecule has 200 valence electrons. The molecule has 12 heteroatoms. The van der Waals surface area contributed by atoms with Gasteiger partial charge in [0.1, 0.15) is 30.2 Å². The molecule has 0 bridgehead atoms. The lowest BCUT2D eigenvalue weighted by molar-refractivity contribution is -0.128. The summed E-state index contributed by atoms with van der Waals surface area (Å²) in [6.45, 7) is 9.36. The Morgan fingerprint density at radius 3 is 2.62 bits per heavy atom. The van der Waals surface area contributed by atoms with Gasteiger partial charge in [0, 0.05) is 25.3 Å². The molecule has 2 aliphatic heterocycles. The molecule has 0 atom stereocenters. The van der Waals surface area contributed by atoms with Gasteiger partial charge >= 0.3 is 0 Å². The van der Waals surface area contributed by atoms with Gasteiger partial charge in [-0.3, -0.25) is 15.1 Å². The van der Waals surface area contributed by atoms with Gasteiger partial charge in [0.15, 0.2) is 15.7 Å². The highest BCUT2D eigenvalue weighted by Gasteiger charge is 2.39. The summed E-state index contributed by atoms with van der Waals surface area (Å²) in [5.41, 5.74) is 5.89. The number of aliphatic imine (C=N–C) groups is 1. The van der Waals surface area contributed by atoms with Crippen LogP contribution in [0.1, 0.15) is 46.2 Å². The second kappa shape index (κ2) is 10.3. The van der Waals surface area contributed by atoms with Gasteiger partial charge in [-0.1, -0.05) is 0 Å². The molecule has 3 heterocycles. The van der Waals surface area contributed by atoms with Gasteiger partial charge in [-0.2, -0.15) is 0 Å². The number of hydrogen-bond donors (Lipinski definition) is 3. The highest BCUT2D eigenvalue weighted by Crippen LogP contribution is 2.36. The van der Waals surface area contributed by atoms with E-state index in [1.807, 2.05) is 29.5 Å². The lowest BCUT2D eigenvalue weighted by Crippen LogP contribution is -2.56. The lowest BCUT2D eigenvalue weighted by atomic mass is 9.98. The summed E-state index contributed by atoms with van der Waals surface area (Å²) < 4.78 is 35.1. The summed E-state index contributed by atoms with van der Waals surface area (Å²) in [7, 11) is -3.63. The first-order valence-electron chi connectivity index (χ1n) is 12.4. The number of hydrogen-bond acceptors (Lipinski definition) is 7. The standard InChI is InChI=1S/C25H35N7O4S/c1-16(2)29-22(28-15-26)20-14-31-11-12-36-21-6-5-18(13-19(21)23(31)30-20)37(34,35)17-7-9-32(10-8-17)25(3,4)24(27)33/h5-6,13-17H,7-12H2,1-4H3,(H2,27,33)(H2,26,28,29). The predicted octanol–water partition coefficient (Wildman–Crippen LogP) is 1.80. The van der Waals surface area contributed by atoms with Crippen molar-refractivity contribution in [3.05, 3.63) is 30.1 Å². The van der Waals surface area contributed by atoms with E-state index in [2.05, 4.69) is 10.3 Å². The molecule has 4 N–H and O–H groups in total. The number of rotatable bonds is 7. The zero-order chi connectivity index (χ0) is 27.0. The summed E-state index contributed by atoms with van der Waals surface area (Å²) in [5.74, 6) is 1.20. The van der Waals surface area contributed by atoms with Crippen molar-refractivity contribution >= 4 is 27.9 Å². The molecule has 1 aromatic heterocycles. The molecule has 0 saturated carbocycles. The smallest absolute Gasteiger partial charge is 0.237 e. The van der Waals surface area contributed by atoms with Crippen LogP contribution in [0.25, 0.3) is 11.4 Å². The van der Waals surface area contributed by atoms with Crippen molar-refractivity contribution < 1.29 is 17.9 Å². The number of piperidine rings is 1. The Bertz CT molecular complexity index is 1320. The van der Waals surface area contributed by atoms with Crippen molar-refractivity contribution in [2.45, 2.75) is 68.8 Å². The van der Waals surface area contributed by atoms with Crippen LogP contribution in [-0.4, -0.2) is 77.5 Å². The number of nitrogens with one attached hydrogen (secondary N) is 2. The van der Waals surface area contributed by atoms with Crippen molar-refractivity contribution in [3.63, 3.8) is 0 Å². The molecule has 0 radical (unpaired) electrons. The molecule has 1 fully saturated rings. The Labute approximate surface area is 217 Å². The van der Waals surface area contributed by atoms with Crippen LogP contribution in [0, 0.1) is 5.41 Å². The van der Waals surface area contributed by atoms with E-state index < -0.39 is 26.5 Å². The number of carbonyl (C=O) groups is 1. The zero-order valence-corrected chi connectivity index (χ0v) is 22.5. The first-order chi connectivity index (χ1) is 17.4. The molecule has 1 saturated heterocycles. The van der Waals surface area contributed by atoms with Gasteiger partial charge in [-0.15, -0.1) is 0 Å². The van der Waals surface area contributed by atoms with E-state index in [4.69, 9.17) is 20.9 Å². The number of benzene rings is 1. The maximum Gasteiger partial charge on any atom is 0.237 e. The molecular weight excluding hydrogens is 494 g/mol. The van der Waals surface area contributed by atoms with Crippen LogP contribution in [0.3, 0.4) is 0 Å². The van der Waals surface area contributed by atoms with Gasteiger partial charge in [0.2, 0.25) is 5.91 Å². The normalized spacial score (nSPS) is 17.5. The second-order valence-corrected chi connectivity index (χ2v) is 12.4. The number of aromatic nitrogens is 2. The van der Waals surface area contributed by atoms with Gasteiger partial charge in [0.05, 0.1) is 27.8 Å². The Kier molecular flexibility index (Phi) is 7.43.